The third-order valence-corrected chi connectivity index (χ3v) is 3.93. The number of benzene rings is 1. The average molecular weight is 358 g/mol. The van der Waals surface area contributed by atoms with Crippen LogP contribution in [0.15, 0.2) is 29.4 Å². The summed E-state index contributed by atoms with van der Waals surface area (Å²) in [4.78, 5) is 12.0. The molecular formula is C19H26N4O3. The van der Waals surface area contributed by atoms with Crippen LogP contribution in [0, 0.1) is 13.8 Å². The minimum atomic E-state index is -0.135. The lowest BCUT2D eigenvalue weighted by Crippen LogP contribution is -2.21. The van der Waals surface area contributed by atoms with E-state index in [1.54, 1.807) is 14.2 Å². The van der Waals surface area contributed by atoms with E-state index in [0.29, 0.717) is 30.9 Å². The number of nitrogens with one attached hydrogen (secondary N) is 1. The Bertz CT molecular complexity index is 796. The fraction of sp³-hybridized carbons (Fsp3) is 0.421. The van der Waals surface area contributed by atoms with Gasteiger partial charge in [0.05, 0.1) is 26.5 Å². The molecule has 1 amide bonds. The highest BCUT2D eigenvalue weighted by molar-refractivity contribution is 5.86. The van der Waals surface area contributed by atoms with Gasteiger partial charge in [-0.25, -0.2) is 5.43 Å². The summed E-state index contributed by atoms with van der Waals surface area (Å²) in [6, 6.07) is 7.70. The molecule has 26 heavy (non-hydrogen) atoms. The zero-order valence-corrected chi connectivity index (χ0v) is 16.0. The molecule has 140 valence electrons. The zero-order chi connectivity index (χ0) is 19.1. The van der Waals surface area contributed by atoms with Gasteiger partial charge in [-0.05, 0) is 44.5 Å². The van der Waals surface area contributed by atoms with Crippen LogP contribution in [0.25, 0.3) is 0 Å². The zero-order valence-electron chi connectivity index (χ0n) is 16.0. The third-order valence-electron chi connectivity index (χ3n) is 3.93. The van der Waals surface area contributed by atoms with E-state index in [0.717, 1.165) is 22.7 Å². The second kappa shape index (κ2) is 9.03. The average Bonchev–Trinajstić information content (AvgIpc) is 2.95. The van der Waals surface area contributed by atoms with Crippen LogP contribution in [0.2, 0.25) is 0 Å². The molecule has 1 aromatic carbocycles. The van der Waals surface area contributed by atoms with Crippen molar-refractivity contribution >= 4 is 11.6 Å². The number of aromatic nitrogens is 2. The summed E-state index contributed by atoms with van der Waals surface area (Å²) in [5, 5.41) is 8.52. The molecule has 0 saturated carbocycles. The molecule has 0 radical (unpaired) electrons. The molecule has 0 aliphatic heterocycles. The van der Waals surface area contributed by atoms with Gasteiger partial charge in [0.1, 0.15) is 0 Å². The van der Waals surface area contributed by atoms with Gasteiger partial charge in [0.25, 0.3) is 0 Å². The van der Waals surface area contributed by atoms with Crippen molar-refractivity contribution in [3.05, 3.63) is 41.2 Å². The minimum absolute atomic E-state index is 0.135. The number of hydrogen-bond acceptors (Lipinski definition) is 5. The number of ether oxygens (including phenoxy) is 2. The van der Waals surface area contributed by atoms with Crippen molar-refractivity contribution in [2.24, 2.45) is 5.10 Å². The van der Waals surface area contributed by atoms with Crippen LogP contribution in [0.4, 0.5) is 0 Å². The van der Waals surface area contributed by atoms with Crippen molar-refractivity contribution in [1.82, 2.24) is 15.2 Å². The second-order valence-corrected chi connectivity index (χ2v) is 6.15. The van der Waals surface area contributed by atoms with E-state index in [9.17, 15) is 4.79 Å². The van der Waals surface area contributed by atoms with Crippen molar-refractivity contribution in [2.75, 3.05) is 14.2 Å². The van der Waals surface area contributed by atoms with Gasteiger partial charge in [0, 0.05) is 24.2 Å². The number of nitrogens with zero attached hydrogens (tertiary/aromatic N) is 3. The normalized spacial score (nSPS) is 11.3. The number of aryl methyl sites for hydroxylation is 3. The lowest BCUT2D eigenvalue weighted by Gasteiger charge is -2.09. The molecule has 0 spiro atoms. The number of hydrogen-bond donors (Lipinski definition) is 1. The van der Waals surface area contributed by atoms with Gasteiger partial charge in [-0.15, -0.1) is 0 Å². The van der Waals surface area contributed by atoms with Gasteiger partial charge in [0.15, 0.2) is 11.5 Å². The van der Waals surface area contributed by atoms with E-state index in [4.69, 9.17) is 9.47 Å². The quantitative estimate of drug-likeness (QED) is 0.581. The molecule has 0 aliphatic rings. The van der Waals surface area contributed by atoms with Crippen molar-refractivity contribution in [2.45, 2.75) is 40.2 Å². The van der Waals surface area contributed by atoms with Crippen LogP contribution in [-0.2, 0) is 17.8 Å². The summed E-state index contributed by atoms with van der Waals surface area (Å²) in [7, 11) is 3.21. The fourth-order valence-electron chi connectivity index (χ4n) is 2.65. The first-order valence-corrected chi connectivity index (χ1v) is 8.47. The smallest absolute Gasteiger partial charge is 0.241 e. The highest BCUT2D eigenvalue weighted by Crippen LogP contribution is 2.27. The lowest BCUT2D eigenvalue weighted by molar-refractivity contribution is -0.121. The van der Waals surface area contributed by atoms with E-state index in [1.165, 1.54) is 0 Å². The first-order chi connectivity index (χ1) is 12.4. The maximum Gasteiger partial charge on any atom is 0.241 e. The van der Waals surface area contributed by atoms with E-state index in [-0.39, 0.29) is 5.91 Å². The van der Waals surface area contributed by atoms with Crippen molar-refractivity contribution in [3.63, 3.8) is 0 Å². The summed E-state index contributed by atoms with van der Waals surface area (Å²) in [5.41, 5.74) is 6.43. The van der Waals surface area contributed by atoms with Crippen LogP contribution in [-0.4, -0.2) is 35.6 Å². The fourth-order valence-corrected chi connectivity index (χ4v) is 2.65. The van der Waals surface area contributed by atoms with Crippen molar-refractivity contribution < 1.29 is 14.3 Å². The molecule has 0 saturated heterocycles. The van der Waals surface area contributed by atoms with Crippen LogP contribution in [0.1, 0.15) is 30.3 Å². The van der Waals surface area contributed by atoms with Crippen LogP contribution in [0.5, 0.6) is 11.5 Å². The molecule has 7 nitrogen and oxygen atoms in total. The van der Waals surface area contributed by atoms with Gasteiger partial charge >= 0.3 is 0 Å². The van der Waals surface area contributed by atoms with Crippen LogP contribution < -0.4 is 14.9 Å². The van der Waals surface area contributed by atoms with Crippen LogP contribution >= 0.6 is 0 Å². The van der Waals surface area contributed by atoms with Gasteiger partial charge < -0.3 is 9.47 Å². The number of methoxy groups -OCH3 is 2. The number of hydrazone groups is 1. The van der Waals surface area contributed by atoms with Gasteiger partial charge in [-0.2, -0.15) is 10.2 Å². The molecule has 0 unspecified atom stereocenters. The number of amides is 1. The molecule has 1 heterocycles. The largest absolute Gasteiger partial charge is 0.493 e. The standard InChI is InChI=1S/C19H26N4O3/c1-13(11-16-6-7-17(25-4)18(12-16)26-5)20-21-19(24)8-9-23-15(3)10-14(2)22-23/h6-7,10,12H,8-9,11H2,1-5H3,(H,21,24). The highest BCUT2D eigenvalue weighted by Gasteiger charge is 2.07. The molecule has 0 atom stereocenters. The van der Waals surface area contributed by atoms with Gasteiger partial charge in [0.2, 0.25) is 5.91 Å². The molecular weight excluding hydrogens is 332 g/mol. The van der Waals surface area contributed by atoms with Crippen molar-refractivity contribution in [1.29, 1.82) is 0 Å². The topological polar surface area (TPSA) is 77.7 Å². The SMILES string of the molecule is COc1ccc(CC(C)=NNC(=O)CCn2nc(C)cc2C)cc1OC. The predicted molar refractivity (Wildman–Crippen MR) is 101 cm³/mol. The summed E-state index contributed by atoms with van der Waals surface area (Å²) in [6.07, 6.45) is 0.938. The molecule has 0 bridgehead atoms. The Balaban J connectivity index is 1.87. The predicted octanol–water partition coefficient (Wildman–Crippen LogP) is 2.64. The summed E-state index contributed by atoms with van der Waals surface area (Å²) < 4.78 is 12.4. The molecule has 0 aliphatic carbocycles. The molecule has 0 fully saturated rings. The summed E-state index contributed by atoms with van der Waals surface area (Å²) in [5.74, 6) is 1.22. The number of rotatable bonds is 8. The highest BCUT2D eigenvalue weighted by atomic mass is 16.5. The molecule has 2 rings (SSSR count). The van der Waals surface area contributed by atoms with E-state index < -0.39 is 0 Å². The maximum absolute atomic E-state index is 12.0. The van der Waals surface area contributed by atoms with Gasteiger partial charge in [-0.3, -0.25) is 9.48 Å². The molecule has 1 N–H and O–H groups in total. The first kappa shape index (κ1) is 19.5. The van der Waals surface area contributed by atoms with Crippen molar-refractivity contribution in [3.8, 4) is 11.5 Å². The lowest BCUT2D eigenvalue weighted by atomic mass is 10.1. The minimum Gasteiger partial charge on any atom is -0.493 e. The first-order valence-electron chi connectivity index (χ1n) is 8.47. The Morgan fingerprint density at radius 2 is 1.92 bits per heavy atom. The van der Waals surface area contributed by atoms with Gasteiger partial charge in [-0.1, -0.05) is 6.07 Å². The van der Waals surface area contributed by atoms with E-state index >= 15 is 0 Å². The Kier molecular flexibility index (Phi) is 6.77. The Morgan fingerprint density at radius 3 is 2.54 bits per heavy atom. The van der Waals surface area contributed by atoms with E-state index in [1.807, 2.05) is 49.7 Å². The monoisotopic (exact) mass is 358 g/mol. The molecule has 7 heteroatoms. The summed E-state index contributed by atoms with van der Waals surface area (Å²) >= 11 is 0. The summed E-state index contributed by atoms with van der Waals surface area (Å²) in [6.45, 7) is 6.32. The van der Waals surface area contributed by atoms with E-state index in [2.05, 4.69) is 15.6 Å². The number of carbonyl (C=O) groups excluding carboxylic acids is 1. The number of carbonyl (C=O) groups is 1. The Labute approximate surface area is 154 Å². The van der Waals surface area contributed by atoms with Crippen LogP contribution in [0.3, 0.4) is 0 Å². The Hall–Kier alpha value is -2.83. The Morgan fingerprint density at radius 1 is 1.19 bits per heavy atom. The third kappa shape index (κ3) is 5.34. The molecule has 2 aromatic rings. The molecule has 1 aromatic heterocycles. The maximum atomic E-state index is 12.0. The second-order valence-electron chi connectivity index (χ2n) is 6.15.